The molecule has 1 aliphatic heterocycles. The van der Waals surface area contributed by atoms with Crippen molar-refractivity contribution < 1.29 is 4.74 Å². The summed E-state index contributed by atoms with van der Waals surface area (Å²) in [7, 11) is 0. The van der Waals surface area contributed by atoms with Gasteiger partial charge in [-0.05, 0) is 31.7 Å². The lowest BCUT2D eigenvalue weighted by molar-refractivity contribution is 0.0604. The predicted octanol–water partition coefficient (Wildman–Crippen LogP) is 1.27. The lowest BCUT2D eigenvalue weighted by atomic mass is 9.91. The number of nitrogens with zero attached hydrogens (tertiary/aromatic N) is 2. The number of aromatic amines is 1. The van der Waals surface area contributed by atoms with E-state index in [1.807, 2.05) is 6.20 Å². The van der Waals surface area contributed by atoms with Gasteiger partial charge in [0, 0.05) is 13.2 Å². The van der Waals surface area contributed by atoms with Gasteiger partial charge in [-0.1, -0.05) is 6.92 Å². The van der Waals surface area contributed by atoms with Gasteiger partial charge in [-0.2, -0.15) is 15.4 Å². The third-order valence-corrected chi connectivity index (χ3v) is 3.15. The summed E-state index contributed by atoms with van der Waals surface area (Å²) < 4.78 is 5.38. The van der Waals surface area contributed by atoms with Crippen LogP contribution >= 0.6 is 0 Å². The zero-order chi connectivity index (χ0) is 11.2. The molecule has 2 N–H and O–H groups in total. The molecule has 0 aliphatic carbocycles. The Hall–Kier alpha value is -0.940. The molecule has 0 aromatic carbocycles. The van der Waals surface area contributed by atoms with Crippen molar-refractivity contribution in [1.29, 1.82) is 0 Å². The van der Waals surface area contributed by atoms with Crippen LogP contribution in [0.1, 0.15) is 37.9 Å². The molecule has 1 atom stereocenters. The molecule has 0 bridgehead atoms. The molecule has 0 saturated carbocycles. The van der Waals surface area contributed by atoms with Gasteiger partial charge in [0.05, 0.1) is 17.9 Å². The Morgan fingerprint density at radius 2 is 2.38 bits per heavy atom. The number of nitrogens with one attached hydrogen (secondary N) is 2. The van der Waals surface area contributed by atoms with Crippen molar-refractivity contribution in [2.24, 2.45) is 5.92 Å². The zero-order valence-electron chi connectivity index (χ0n) is 9.78. The maximum atomic E-state index is 5.38. The topological polar surface area (TPSA) is 62.8 Å². The van der Waals surface area contributed by atoms with E-state index in [2.05, 4.69) is 27.7 Å². The number of ether oxygens (including phenoxy) is 1. The fourth-order valence-corrected chi connectivity index (χ4v) is 2.25. The Morgan fingerprint density at radius 3 is 3.00 bits per heavy atom. The summed E-state index contributed by atoms with van der Waals surface area (Å²) in [6.45, 7) is 4.89. The van der Waals surface area contributed by atoms with Crippen molar-refractivity contribution in [3.63, 3.8) is 0 Å². The zero-order valence-corrected chi connectivity index (χ0v) is 9.78. The van der Waals surface area contributed by atoms with Crippen molar-refractivity contribution in [3.8, 4) is 0 Å². The quantitative estimate of drug-likeness (QED) is 0.790. The molecular weight excluding hydrogens is 204 g/mol. The number of hydrogen-bond acceptors (Lipinski definition) is 4. The normalized spacial score (nSPS) is 19.8. The molecule has 5 nitrogen and oxygen atoms in total. The van der Waals surface area contributed by atoms with Gasteiger partial charge in [0.15, 0.2) is 0 Å². The van der Waals surface area contributed by atoms with Crippen LogP contribution in [0.15, 0.2) is 6.20 Å². The molecule has 5 heteroatoms. The number of hydrogen-bond donors (Lipinski definition) is 2. The molecule has 0 amide bonds. The van der Waals surface area contributed by atoms with Crippen LogP contribution in [0.4, 0.5) is 0 Å². The van der Waals surface area contributed by atoms with Crippen LogP contribution in [0.25, 0.3) is 0 Å². The molecule has 2 rings (SSSR count). The summed E-state index contributed by atoms with van der Waals surface area (Å²) in [5.74, 6) is 0.745. The molecule has 1 aromatic rings. The summed E-state index contributed by atoms with van der Waals surface area (Å²) in [6, 6.07) is 0.326. The highest BCUT2D eigenvalue weighted by Crippen LogP contribution is 2.26. The standard InChI is InChI=1S/C11H20N4O/c1-2-12-10(11-8-13-15-14-11)7-9-3-5-16-6-4-9/h8-10,12H,2-7H2,1H3,(H,13,14,15). The van der Waals surface area contributed by atoms with Crippen molar-refractivity contribution in [2.45, 2.75) is 32.2 Å². The second-order valence-corrected chi connectivity index (χ2v) is 4.30. The molecule has 2 heterocycles. The second kappa shape index (κ2) is 5.96. The van der Waals surface area contributed by atoms with E-state index in [0.29, 0.717) is 6.04 Å². The Bertz CT molecular complexity index is 282. The number of H-pyrrole nitrogens is 1. The van der Waals surface area contributed by atoms with E-state index in [4.69, 9.17) is 4.74 Å². The molecule has 1 aromatic heterocycles. The highest BCUT2D eigenvalue weighted by Gasteiger charge is 2.21. The van der Waals surface area contributed by atoms with Gasteiger partial charge in [0.25, 0.3) is 0 Å². The summed E-state index contributed by atoms with van der Waals surface area (Å²) in [5, 5.41) is 14.2. The van der Waals surface area contributed by atoms with Crippen LogP contribution in [-0.4, -0.2) is 35.2 Å². The summed E-state index contributed by atoms with van der Waals surface area (Å²) in [5.41, 5.74) is 1.02. The van der Waals surface area contributed by atoms with Crippen LogP contribution in [0.3, 0.4) is 0 Å². The van der Waals surface area contributed by atoms with Gasteiger partial charge in [0.1, 0.15) is 0 Å². The predicted molar refractivity (Wildman–Crippen MR) is 61.0 cm³/mol. The molecule has 0 radical (unpaired) electrons. The third-order valence-electron chi connectivity index (χ3n) is 3.15. The first kappa shape index (κ1) is 11.5. The Kier molecular flexibility index (Phi) is 4.30. The molecule has 1 aliphatic rings. The lowest BCUT2D eigenvalue weighted by Crippen LogP contribution is -2.26. The van der Waals surface area contributed by atoms with Crippen LogP contribution in [0.5, 0.6) is 0 Å². The molecule has 1 unspecified atom stereocenters. The fraction of sp³-hybridized carbons (Fsp3) is 0.818. The Labute approximate surface area is 96.0 Å². The molecule has 1 saturated heterocycles. The average molecular weight is 224 g/mol. The molecular formula is C11H20N4O. The van der Waals surface area contributed by atoms with E-state index < -0.39 is 0 Å². The Balaban J connectivity index is 1.91. The van der Waals surface area contributed by atoms with Gasteiger partial charge < -0.3 is 10.1 Å². The smallest absolute Gasteiger partial charge is 0.0993 e. The maximum Gasteiger partial charge on any atom is 0.0993 e. The van der Waals surface area contributed by atoms with Crippen LogP contribution in [-0.2, 0) is 4.74 Å². The molecule has 90 valence electrons. The summed E-state index contributed by atoms with van der Waals surface area (Å²) in [4.78, 5) is 0. The molecule has 16 heavy (non-hydrogen) atoms. The highest BCUT2D eigenvalue weighted by molar-refractivity contribution is 5.00. The van der Waals surface area contributed by atoms with Crippen molar-refractivity contribution in [3.05, 3.63) is 11.9 Å². The largest absolute Gasteiger partial charge is 0.381 e. The van der Waals surface area contributed by atoms with E-state index in [9.17, 15) is 0 Å². The lowest BCUT2D eigenvalue weighted by Gasteiger charge is -2.26. The molecule has 0 spiro atoms. The minimum absolute atomic E-state index is 0.326. The van der Waals surface area contributed by atoms with Gasteiger partial charge >= 0.3 is 0 Å². The summed E-state index contributed by atoms with van der Waals surface area (Å²) >= 11 is 0. The van der Waals surface area contributed by atoms with Gasteiger partial charge in [-0.15, -0.1) is 0 Å². The van der Waals surface area contributed by atoms with Crippen LogP contribution < -0.4 is 5.32 Å². The Morgan fingerprint density at radius 1 is 1.56 bits per heavy atom. The summed E-state index contributed by atoms with van der Waals surface area (Å²) in [6.07, 6.45) is 5.27. The van der Waals surface area contributed by atoms with Crippen molar-refractivity contribution >= 4 is 0 Å². The monoisotopic (exact) mass is 224 g/mol. The highest BCUT2D eigenvalue weighted by atomic mass is 16.5. The number of aromatic nitrogens is 3. The van der Waals surface area contributed by atoms with Crippen molar-refractivity contribution in [1.82, 2.24) is 20.7 Å². The van der Waals surface area contributed by atoms with Gasteiger partial charge in [-0.25, -0.2) is 0 Å². The van der Waals surface area contributed by atoms with Crippen LogP contribution in [0.2, 0.25) is 0 Å². The molecule has 1 fully saturated rings. The average Bonchev–Trinajstić information content (AvgIpc) is 2.83. The van der Waals surface area contributed by atoms with Crippen molar-refractivity contribution in [2.75, 3.05) is 19.8 Å². The SMILES string of the molecule is CCNC(CC1CCOCC1)c1cn[nH]n1. The second-order valence-electron chi connectivity index (χ2n) is 4.30. The van der Waals surface area contributed by atoms with Crippen LogP contribution in [0, 0.1) is 5.92 Å². The van der Waals surface area contributed by atoms with E-state index in [0.717, 1.165) is 37.8 Å². The van der Waals surface area contributed by atoms with E-state index in [-0.39, 0.29) is 0 Å². The third kappa shape index (κ3) is 3.02. The maximum absolute atomic E-state index is 5.38. The fourth-order valence-electron chi connectivity index (χ4n) is 2.25. The minimum Gasteiger partial charge on any atom is -0.381 e. The minimum atomic E-state index is 0.326. The van der Waals surface area contributed by atoms with E-state index >= 15 is 0 Å². The number of rotatable bonds is 5. The first-order chi connectivity index (χ1) is 7.90. The van der Waals surface area contributed by atoms with Gasteiger partial charge in [-0.3, -0.25) is 0 Å². The first-order valence-electron chi connectivity index (χ1n) is 6.07. The van der Waals surface area contributed by atoms with Gasteiger partial charge in [0.2, 0.25) is 0 Å². The van der Waals surface area contributed by atoms with E-state index in [1.54, 1.807) is 0 Å². The van der Waals surface area contributed by atoms with E-state index in [1.165, 1.54) is 12.8 Å². The first-order valence-corrected chi connectivity index (χ1v) is 6.07.